The number of ether oxygens (including phenoxy) is 1. The van der Waals surface area contributed by atoms with Gasteiger partial charge in [0.25, 0.3) is 0 Å². The van der Waals surface area contributed by atoms with Crippen LogP contribution < -0.4 is 0 Å². The smallest absolute Gasteiger partial charge is 0.410 e. The Balaban J connectivity index is 1.99. The topological polar surface area (TPSA) is 66.8 Å². The van der Waals surface area contributed by atoms with Crippen molar-refractivity contribution in [2.24, 2.45) is 11.8 Å². The number of halogens is 1. The van der Waals surface area contributed by atoms with Crippen molar-refractivity contribution < 1.29 is 19.4 Å². The van der Waals surface area contributed by atoms with Gasteiger partial charge in [-0.15, -0.1) is 11.6 Å². The first-order valence-electron chi connectivity index (χ1n) is 6.50. The maximum Gasteiger partial charge on any atom is 0.410 e. The first-order chi connectivity index (χ1) is 8.61. The number of amides is 1. The van der Waals surface area contributed by atoms with Crippen molar-refractivity contribution >= 4 is 23.7 Å². The summed E-state index contributed by atoms with van der Waals surface area (Å²) in [6.07, 6.45) is 0.597. The van der Waals surface area contributed by atoms with Crippen LogP contribution in [0.25, 0.3) is 0 Å². The van der Waals surface area contributed by atoms with E-state index in [2.05, 4.69) is 0 Å². The molecule has 6 heteroatoms. The Bertz CT molecular complexity index is 406. The zero-order chi connectivity index (χ0) is 14.4. The molecule has 0 radical (unpaired) electrons. The molecule has 1 N–H and O–H groups in total. The third-order valence-corrected chi connectivity index (χ3v) is 4.36. The highest BCUT2D eigenvalue weighted by molar-refractivity contribution is 6.25. The lowest BCUT2D eigenvalue weighted by atomic mass is 10.00. The summed E-state index contributed by atoms with van der Waals surface area (Å²) in [4.78, 5) is 24.0. The lowest BCUT2D eigenvalue weighted by molar-refractivity contribution is -0.141. The van der Waals surface area contributed by atoms with E-state index < -0.39 is 16.4 Å². The average molecular weight is 290 g/mol. The lowest BCUT2D eigenvalue weighted by Gasteiger charge is -2.26. The fourth-order valence-corrected chi connectivity index (χ4v) is 3.44. The van der Waals surface area contributed by atoms with Crippen LogP contribution >= 0.6 is 11.6 Å². The number of carbonyl (C=O) groups is 2. The van der Waals surface area contributed by atoms with Crippen molar-refractivity contribution in [3.05, 3.63) is 0 Å². The molecule has 2 aliphatic rings. The summed E-state index contributed by atoms with van der Waals surface area (Å²) in [5.41, 5.74) is -0.530. The van der Waals surface area contributed by atoms with E-state index in [-0.39, 0.29) is 17.9 Å². The number of alkyl halides is 1. The van der Waals surface area contributed by atoms with E-state index in [9.17, 15) is 9.59 Å². The molecule has 2 rings (SSSR count). The fourth-order valence-electron chi connectivity index (χ4n) is 2.95. The summed E-state index contributed by atoms with van der Waals surface area (Å²) in [6.45, 7) is 6.32. The molecule has 5 nitrogen and oxygen atoms in total. The maximum atomic E-state index is 12.0. The summed E-state index contributed by atoms with van der Waals surface area (Å²) in [6, 6.07) is 0. The molecule has 1 saturated carbocycles. The van der Waals surface area contributed by atoms with Gasteiger partial charge < -0.3 is 14.7 Å². The Kier molecular flexibility index (Phi) is 3.45. The standard InChI is InChI=1S/C13H20ClNO4/c1-12(2,3)19-11(18)15-6-9-4-8(10(16)17)5-13(9,14)7-15/h8-9H,4-7H2,1-3H3,(H,16,17). The first kappa shape index (κ1) is 14.4. The van der Waals surface area contributed by atoms with Crippen molar-refractivity contribution in [3.8, 4) is 0 Å². The van der Waals surface area contributed by atoms with Gasteiger partial charge in [-0.25, -0.2) is 4.79 Å². The van der Waals surface area contributed by atoms with Gasteiger partial charge in [-0.2, -0.15) is 0 Å². The Labute approximate surface area is 117 Å². The molecule has 1 amide bonds. The van der Waals surface area contributed by atoms with Crippen molar-refractivity contribution in [1.82, 2.24) is 4.90 Å². The number of hydrogen-bond donors (Lipinski definition) is 1. The minimum atomic E-state index is -0.793. The number of aliphatic carboxylic acids is 1. The molecule has 19 heavy (non-hydrogen) atoms. The fraction of sp³-hybridized carbons (Fsp3) is 0.846. The van der Waals surface area contributed by atoms with Crippen LogP contribution in [0.4, 0.5) is 4.79 Å². The summed E-state index contributed by atoms with van der Waals surface area (Å²) in [7, 11) is 0. The van der Waals surface area contributed by atoms with E-state index in [0.717, 1.165) is 0 Å². The first-order valence-corrected chi connectivity index (χ1v) is 6.88. The van der Waals surface area contributed by atoms with E-state index in [4.69, 9.17) is 21.4 Å². The minimum absolute atomic E-state index is 0.0442. The average Bonchev–Trinajstić information content (AvgIpc) is 2.66. The minimum Gasteiger partial charge on any atom is -0.481 e. The Hall–Kier alpha value is -0.970. The normalized spacial score (nSPS) is 34.2. The molecule has 2 fully saturated rings. The van der Waals surface area contributed by atoms with E-state index in [1.807, 2.05) is 20.8 Å². The number of fused-ring (bicyclic) bond motifs is 1. The molecule has 1 aliphatic carbocycles. The van der Waals surface area contributed by atoms with Crippen LogP contribution in [0, 0.1) is 11.8 Å². The number of rotatable bonds is 1. The molecule has 108 valence electrons. The quantitative estimate of drug-likeness (QED) is 0.752. The van der Waals surface area contributed by atoms with Crippen LogP contribution in [0.2, 0.25) is 0 Å². The number of likely N-dealkylation sites (tertiary alicyclic amines) is 1. The molecular weight excluding hydrogens is 270 g/mol. The third-order valence-electron chi connectivity index (χ3n) is 3.78. The number of hydrogen-bond acceptors (Lipinski definition) is 3. The molecule has 3 atom stereocenters. The number of nitrogens with zero attached hydrogens (tertiary/aromatic N) is 1. The molecule has 0 spiro atoms. The molecule has 1 saturated heterocycles. The van der Waals surface area contributed by atoms with Gasteiger partial charge in [0.05, 0.1) is 10.8 Å². The molecule has 0 aromatic rings. The molecule has 0 aromatic heterocycles. The second-order valence-electron chi connectivity index (χ2n) is 6.57. The van der Waals surface area contributed by atoms with Gasteiger partial charge in [0.1, 0.15) is 5.60 Å². The van der Waals surface area contributed by atoms with Crippen LogP contribution in [0.3, 0.4) is 0 Å². The molecule has 0 aromatic carbocycles. The monoisotopic (exact) mass is 289 g/mol. The highest BCUT2D eigenvalue weighted by Crippen LogP contribution is 2.49. The number of carboxylic acids is 1. The molecular formula is C13H20ClNO4. The summed E-state index contributed by atoms with van der Waals surface area (Å²) in [5.74, 6) is -1.13. The van der Waals surface area contributed by atoms with E-state index in [0.29, 0.717) is 25.9 Å². The van der Waals surface area contributed by atoms with Crippen LogP contribution in [-0.4, -0.2) is 45.6 Å². The van der Waals surface area contributed by atoms with Crippen molar-refractivity contribution in [3.63, 3.8) is 0 Å². The zero-order valence-corrected chi connectivity index (χ0v) is 12.2. The van der Waals surface area contributed by atoms with Gasteiger partial charge in [0.2, 0.25) is 0 Å². The van der Waals surface area contributed by atoms with Crippen LogP contribution in [0.1, 0.15) is 33.6 Å². The summed E-state index contributed by atoms with van der Waals surface area (Å²) in [5, 5.41) is 9.05. The van der Waals surface area contributed by atoms with Gasteiger partial charge in [0, 0.05) is 13.1 Å². The maximum absolute atomic E-state index is 12.0. The van der Waals surface area contributed by atoms with Crippen LogP contribution in [0.5, 0.6) is 0 Å². The number of carboxylic acid groups (broad SMARTS) is 1. The van der Waals surface area contributed by atoms with E-state index >= 15 is 0 Å². The third kappa shape index (κ3) is 2.96. The summed E-state index contributed by atoms with van der Waals surface area (Å²) >= 11 is 6.50. The lowest BCUT2D eigenvalue weighted by Crippen LogP contribution is -2.37. The Morgan fingerprint density at radius 1 is 1.42 bits per heavy atom. The second kappa shape index (κ2) is 4.54. The van der Waals surface area contributed by atoms with Crippen LogP contribution in [0.15, 0.2) is 0 Å². The number of carbonyl (C=O) groups excluding carboxylic acids is 1. The molecule has 1 aliphatic heterocycles. The Morgan fingerprint density at radius 2 is 2.05 bits per heavy atom. The largest absolute Gasteiger partial charge is 0.481 e. The van der Waals surface area contributed by atoms with Gasteiger partial charge in [0.15, 0.2) is 0 Å². The highest BCUT2D eigenvalue weighted by atomic mass is 35.5. The zero-order valence-electron chi connectivity index (χ0n) is 11.5. The van der Waals surface area contributed by atoms with Gasteiger partial charge in [-0.3, -0.25) is 4.79 Å². The second-order valence-corrected chi connectivity index (χ2v) is 7.32. The molecule has 1 heterocycles. The highest BCUT2D eigenvalue weighted by Gasteiger charge is 2.55. The van der Waals surface area contributed by atoms with Crippen LogP contribution in [-0.2, 0) is 9.53 Å². The van der Waals surface area contributed by atoms with Gasteiger partial charge in [-0.1, -0.05) is 0 Å². The van der Waals surface area contributed by atoms with E-state index in [1.165, 1.54) is 0 Å². The SMILES string of the molecule is CC(C)(C)OC(=O)N1CC2CC(C(=O)O)CC2(Cl)C1. The Morgan fingerprint density at radius 3 is 2.53 bits per heavy atom. The van der Waals surface area contributed by atoms with Crippen molar-refractivity contribution in [1.29, 1.82) is 0 Å². The molecule has 3 unspecified atom stereocenters. The van der Waals surface area contributed by atoms with Gasteiger partial charge in [-0.05, 0) is 39.5 Å². The van der Waals surface area contributed by atoms with Crippen molar-refractivity contribution in [2.75, 3.05) is 13.1 Å². The predicted molar refractivity (Wildman–Crippen MR) is 70.2 cm³/mol. The summed E-state index contributed by atoms with van der Waals surface area (Å²) < 4.78 is 5.32. The molecule has 0 bridgehead atoms. The van der Waals surface area contributed by atoms with Crippen molar-refractivity contribution in [2.45, 2.75) is 44.1 Å². The van der Waals surface area contributed by atoms with Gasteiger partial charge >= 0.3 is 12.1 Å². The predicted octanol–water partition coefficient (Wildman–Crippen LogP) is 2.33. The van der Waals surface area contributed by atoms with E-state index in [1.54, 1.807) is 4.90 Å².